The zero-order valence-electron chi connectivity index (χ0n) is 4.09. The van der Waals surface area contributed by atoms with Crippen molar-refractivity contribution in [3.05, 3.63) is 0 Å². The number of hydrazone groups is 1. The zero-order valence-corrected chi connectivity index (χ0v) is 4.09. The van der Waals surface area contributed by atoms with E-state index in [1.807, 2.05) is 0 Å². The third-order valence-corrected chi connectivity index (χ3v) is 0.422. The lowest BCUT2D eigenvalue weighted by Crippen LogP contribution is -2.18. The van der Waals surface area contributed by atoms with Gasteiger partial charge in [-0.05, 0) is 0 Å². The molecule has 5 N–H and O–H groups in total. The van der Waals surface area contributed by atoms with Crippen molar-refractivity contribution in [3.8, 4) is 0 Å². The lowest BCUT2D eigenvalue weighted by Gasteiger charge is -1.90. The molecule has 42 valence electrons. The van der Waals surface area contributed by atoms with Gasteiger partial charge in [0.25, 0.3) is 0 Å². The van der Waals surface area contributed by atoms with Crippen LogP contribution in [0, 0.1) is 0 Å². The van der Waals surface area contributed by atoms with Crippen molar-refractivity contribution in [1.29, 1.82) is 0 Å². The molecule has 4 heteroatoms. The van der Waals surface area contributed by atoms with Crippen LogP contribution >= 0.6 is 0 Å². The molecule has 0 radical (unpaired) electrons. The minimum absolute atomic E-state index is 0.581. The third-order valence-electron chi connectivity index (χ3n) is 0.422. The monoisotopic (exact) mass is 102 g/mol. The van der Waals surface area contributed by atoms with Crippen LogP contribution in [0.4, 0.5) is 0 Å². The molecule has 0 unspecified atom stereocenters. The van der Waals surface area contributed by atoms with E-state index in [-0.39, 0.29) is 0 Å². The summed E-state index contributed by atoms with van der Waals surface area (Å²) in [6.45, 7) is 1.25. The second-order valence-corrected chi connectivity index (χ2v) is 0.975. The molecule has 0 saturated carbocycles. The lowest BCUT2D eigenvalue weighted by atomic mass is 10.7. The molecule has 0 amide bonds. The van der Waals surface area contributed by atoms with Crippen LogP contribution in [-0.4, -0.2) is 19.4 Å². The van der Waals surface area contributed by atoms with Gasteiger partial charge in [-0.25, -0.2) is 0 Å². The fourth-order valence-corrected chi connectivity index (χ4v) is 0.182. The molecule has 0 fully saturated rings. The van der Waals surface area contributed by atoms with Crippen LogP contribution in [0.15, 0.2) is 5.10 Å². The van der Waals surface area contributed by atoms with Crippen LogP contribution < -0.4 is 16.9 Å². The number of hydrogen-bond donors (Lipinski definition) is 3. The number of rotatable bonds is 3. The molecular formula is C3H10N4. The number of nitrogens with zero attached hydrogens (tertiary/aromatic N) is 1. The predicted octanol–water partition coefficient (Wildman–Crippen LogP) is -1.56. The fourth-order valence-electron chi connectivity index (χ4n) is 0.182. The second-order valence-electron chi connectivity index (χ2n) is 0.975. The van der Waals surface area contributed by atoms with E-state index in [0.717, 1.165) is 0 Å². The van der Waals surface area contributed by atoms with Gasteiger partial charge in [0.05, 0.1) is 0 Å². The highest BCUT2D eigenvalue weighted by Crippen LogP contribution is 1.48. The van der Waals surface area contributed by atoms with E-state index in [1.165, 1.54) is 6.34 Å². The summed E-state index contributed by atoms with van der Waals surface area (Å²) in [6.07, 6.45) is 1.19. The van der Waals surface area contributed by atoms with Gasteiger partial charge >= 0.3 is 0 Å². The van der Waals surface area contributed by atoms with E-state index in [4.69, 9.17) is 11.5 Å². The van der Waals surface area contributed by atoms with Crippen molar-refractivity contribution in [1.82, 2.24) is 5.43 Å². The Hall–Kier alpha value is -0.770. The zero-order chi connectivity index (χ0) is 5.54. The summed E-state index contributed by atoms with van der Waals surface area (Å²) in [5, 5.41) is 3.48. The summed E-state index contributed by atoms with van der Waals surface area (Å²) in [5.74, 6) is 0. The molecule has 4 nitrogen and oxygen atoms in total. The van der Waals surface area contributed by atoms with Crippen molar-refractivity contribution in [2.75, 3.05) is 13.1 Å². The first-order valence-corrected chi connectivity index (χ1v) is 2.08. The third kappa shape index (κ3) is 5.23. The van der Waals surface area contributed by atoms with Crippen molar-refractivity contribution < 1.29 is 0 Å². The molecule has 0 saturated heterocycles. The van der Waals surface area contributed by atoms with Gasteiger partial charge in [-0.2, -0.15) is 5.10 Å². The quantitative estimate of drug-likeness (QED) is 0.174. The predicted molar refractivity (Wildman–Crippen MR) is 29.7 cm³/mol. The van der Waals surface area contributed by atoms with E-state index in [0.29, 0.717) is 13.1 Å². The van der Waals surface area contributed by atoms with E-state index in [2.05, 4.69) is 10.5 Å². The Morgan fingerprint density at radius 3 is 2.86 bits per heavy atom. The van der Waals surface area contributed by atoms with Crippen LogP contribution in [0.3, 0.4) is 0 Å². The molecule has 0 aliphatic carbocycles. The minimum atomic E-state index is 0.581. The van der Waals surface area contributed by atoms with Gasteiger partial charge in [0.2, 0.25) is 0 Å². The standard InChI is InChI=1S/C3H10N4/c4-1-2-6-7-3-5/h3,6H,1-2,4H2,(H2,5,7). The molecule has 0 heterocycles. The number of nitrogens with two attached hydrogens (primary N) is 2. The van der Waals surface area contributed by atoms with E-state index in [1.54, 1.807) is 0 Å². The highest BCUT2D eigenvalue weighted by atomic mass is 15.3. The second kappa shape index (κ2) is 5.23. The molecule has 0 aromatic rings. The first kappa shape index (κ1) is 6.23. The molecular weight excluding hydrogens is 92.1 g/mol. The summed E-state index contributed by atoms with van der Waals surface area (Å²) in [6, 6.07) is 0. The average molecular weight is 102 g/mol. The van der Waals surface area contributed by atoms with Crippen molar-refractivity contribution >= 4 is 6.34 Å². The fraction of sp³-hybridized carbons (Fsp3) is 0.667. The molecule has 0 bridgehead atoms. The van der Waals surface area contributed by atoms with E-state index < -0.39 is 0 Å². The van der Waals surface area contributed by atoms with Gasteiger partial charge in [0.1, 0.15) is 6.34 Å². The molecule has 0 aromatic heterocycles. The highest BCUT2D eigenvalue weighted by Gasteiger charge is 1.69. The SMILES string of the molecule is NC=NNCCN. The maximum absolute atomic E-state index is 5.09. The maximum atomic E-state index is 5.09. The number of hydrogen-bond acceptors (Lipinski definition) is 3. The highest BCUT2D eigenvalue weighted by molar-refractivity contribution is 5.50. The van der Waals surface area contributed by atoms with Crippen LogP contribution in [0.5, 0.6) is 0 Å². The van der Waals surface area contributed by atoms with Crippen molar-refractivity contribution in [2.45, 2.75) is 0 Å². The maximum Gasteiger partial charge on any atom is 0.106 e. The molecule has 0 aliphatic heterocycles. The smallest absolute Gasteiger partial charge is 0.106 e. The average Bonchev–Trinajstić information content (AvgIpc) is 1.69. The molecule has 0 atom stereocenters. The van der Waals surface area contributed by atoms with Crippen LogP contribution in [0.2, 0.25) is 0 Å². The topological polar surface area (TPSA) is 76.4 Å². The summed E-state index contributed by atoms with van der Waals surface area (Å²) in [5.41, 5.74) is 12.6. The van der Waals surface area contributed by atoms with Gasteiger partial charge in [0, 0.05) is 13.1 Å². The van der Waals surface area contributed by atoms with Gasteiger partial charge < -0.3 is 16.9 Å². The van der Waals surface area contributed by atoms with E-state index in [9.17, 15) is 0 Å². The first-order valence-electron chi connectivity index (χ1n) is 2.08. The first-order chi connectivity index (χ1) is 3.41. The normalized spacial score (nSPS) is 9.86. The Kier molecular flexibility index (Phi) is 4.65. The van der Waals surface area contributed by atoms with Crippen molar-refractivity contribution in [2.24, 2.45) is 16.6 Å². The molecule has 7 heavy (non-hydrogen) atoms. The Morgan fingerprint density at radius 2 is 2.43 bits per heavy atom. The Bertz CT molecular complexity index is 50.9. The molecule has 0 aliphatic rings. The summed E-state index contributed by atoms with van der Waals surface area (Å²) >= 11 is 0. The van der Waals surface area contributed by atoms with Crippen LogP contribution in [0.25, 0.3) is 0 Å². The number of nitrogens with one attached hydrogen (secondary N) is 1. The van der Waals surface area contributed by atoms with Crippen LogP contribution in [0.1, 0.15) is 0 Å². The molecule has 0 spiro atoms. The Morgan fingerprint density at radius 1 is 1.71 bits per heavy atom. The minimum Gasteiger partial charge on any atom is -0.388 e. The van der Waals surface area contributed by atoms with Gasteiger partial charge in [0.15, 0.2) is 0 Å². The van der Waals surface area contributed by atoms with Gasteiger partial charge in [-0.1, -0.05) is 0 Å². The summed E-state index contributed by atoms with van der Waals surface area (Å²) in [7, 11) is 0. The summed E-state index contributed by atoms with van der Waals surface area (Å²) in [4.78, 5) is 0. The van der Waals surface area contributed by atoms with Gasteiger partial charge in [-0.3, -0.25) is 0 Å². The lowest BCUT2D eigenvalue weighted by molar-refractivity contribution is 0.742. The van der Waals surface area contributed by atoms with Crippen molar-refractivity contribution in [3.63, 3.8) is 0 Å². The van der Waals surface area contributed by atoms with Crippen LogP contribution in [-0.2, 0) is 0 Å². The summed E-state index contributed by atoms with van der Waals surface area (Å²) < 4.78 is 0. The van der Waals surface area contributed by atoms with Gasteiger partial charge in [-0.15, -0.1) is 0 Å². The largest absolute Gasteiger partial charge is 0.388 e. The Labute approximate surface area is 42.6 Å². The molecule has 0 rings (SSSR count). The Balaban J connectivity index is 2.69. The molecule has 0 aromatic carbocycles. The van der Waals surface area contributed by atoms with E-state index >= 15 is 0 Å².